The standard InChI is InChI=1S/C27H34N2O5/c1-6-28(7-2)15-16-29-24(20-11-9-10-12-22(20)34-8-3)23(26(31)27(29)32)25(30)19-13-14-21(33-5)18(4)17-19/h9-14,17,24,30H,6-8,15-16H2,1-5H3/b25-23+/t24-/m1/s1. The fourth-order valence-electron chi connectivity index (χ4n) is 4.40. The van der Waals surface area contributed by atoms with Crippen molar-refractivity contribution in [3.05, 3.63) is 64.7 Å². The second-order valence-electron chi connectivity index (χ2n) is 8.17. The average Bonchev–Trinajstić information content (AvgIpc) is 3.09. The molecule has 34 heavy (non-hydrogen) atoms. The van der Waals surface area contributed by atoms with Crippen molar-refractivity contribution < 1.29 is 24.2 Å². The number of Topliss-reactive ketones (excluding diaryl/α,β-unsaturated/α-hetero) is 1. The number of hydrogen-bond donors (Lipinski definition) is 1. The number of carbonyl (C=O) groups is 2. The minimum absolute atomic E-state index is 0.0706. The van der Waals surface area contributed by atoms with E-state index < -0.39 is 17.7 Å². The quantitative estimate of drug-likeness (QED) is 0.322. The van der Waals surface area contributed by atoms with E-state index in [-0.39, 0.29) is 11.3 Å². The Labute approximate surface area is 201 Å². The van der Waals surface area contributed by atoms with Crippen LogP contribution in [0.1, 0.15) is 43.5 Å². The summed E-state index contributed by atoms with van der Waals surface area (Å²) in [6.07, 6.45) is 0. The van der Waals surface area contributed by atoms with Gasteiger partial charge in [-0.1, -0.05) is 32.0 Å². The molecule has 1 saturated heterocycles. The largest absolute Gasteiger partial charge is 0.507 e. The lowest BCUT2D eigenvalue weighted by molar-refractivity contribution is -0.140. The van der Waals surface area contributed by atoms with Crippen LogP contribution in [0.5, 0.6) is 11.5 Å². The number of aliphatic hydroxyl groups excluding tert-OH is 1. The van der Waals surface area contributed by atoms with Crippen molar-refractivity contribution in [3.63, 3.8) is 0 Å². The number of ether oxygens (including phenoxy) is 2. The maximum Gasteiger partial charge on any atom is 0.295 e. The van der Waals surface area contributed by atoms with E-state index in [1.165, 1.54) is 0 Å². The van der Waals surface area contributed by atoms with Gasteiger partial charge in [0.15, 0.2) is 0 Å². The molecule has 1 aliphatic rings. The van der Waals surface area contributed by atoms with Crippen molar-refractivity contribution in [1.29, 1.82) is 0 Å². The van der Waals surface area contributed by atoms with Gasteiger partial charge in [0.05, 0.1) is 25.3 Å². The van der Waals surface area contributed by atoms with Crippen LogP contribution in [0.3, 0.4) is 0 Å². The number of rotatable bonds is 10. The van der Waals surface area contributed by atoms with Crippen molar-refractivity contribution in [3.8, 4) is 11.5 Å². The van der Waals surface area contributed by atoms with Crippen molar-refractivity contribution in [2.24, 2.45) is 0 Å². The Morgan fingerprint density at radius 1 is 1.06 bits per heavy atom. The molecule has 0 spiro atoms. The van der Waals surface area contributed by atoms with Gasteiger partial charge in [-0.3, -0.25) is 9.59 Å². The van der Waals surface area contributed by atoms with Crippen LogP contribution in [0.25, 0.3) is 5.76 Å². The second kappa shape index (κ2) is 11.2. The van der Waals surface area contributed by atoms with Crippen molar-refractivity contribution in [2.45, 2.75) is 33.7 Å². The van der Waals surface area contributed by atoms with E-state index in [0.29, 0.717) is 42.3 Å². The first-order chi connectivity index (χ1) is 16.4. The molecule has 7 heteroatoms. The Morgan fingerprint density at radius 2 is 1.76 bits per heavy atom. The van der Waals surface area contributed by atoms with Crippen LogP contribution < -0.4 is 9.47 Å². The van der Waals surface area contributed by atoms with Crippen LogP contribution in [0.4, 0.5) is 0 Å². The van der Waals surface area contributed by atoms with Gasteiger partial charge in [-0.25, -0.2) is 0 Å². The lowest BCUT2D eigenvalue weighted by Crippen LogP contribution is -2.38. The molecule has 1 amide bonds. The summed E-state index contributed by atoms with van der Waals surface area (Å²) >= 11 is 0. The van der Waals surface area contributed by atoms with Crippen LogP contribution in [0, 0.1) is 6.92 Å². The third kappa shape index (κ3) is 4.94. The fraction of sp³-hybridized carbons (Fsp3) is 0.407. The molecular formula is C27H34N2O5. The number of amides is 1. The molecule has 3 rings (SSSR count). The summed E-state index contributed by atoms with van der Waals surface area (Å²) in [7, 11) is 1.58. The minimum Gasteiger partial charge on any atom is -0.507 e. The first kappa shape index (κ1) is 25.3. The molecule has 1 N–H and O–H groups in total. The summed E-state index contributed by atoms with van der Waals surface area (Å²) in [4.78, 5) is 30.2. The first-order valence-corrected chi connectivity index (χ1v) is 11.7. The van der Waals surface area contributed by atoms with Crippen molar-refractivity contribution in [1.82, 2.24) is 9.80 Å². The molecule has 7 nitrogen and oxygen atoms in total. The summed E-state index contributed by atoms with van der Waals surface area (Å²) < 4.78 is 11.2. The molecule has 1 heterocycles. The number of aliphatic hydroxyl groups is 1. The Balaban J connectivity index is 2.16. The lowest BCUT2D eigenvalue weighted by atomic mass is 9.94. The third-order valence-electron chi connectivity index (χ3n) is 6.27. The molecule has 0 aromatic heterocycles. The van der Waals surface area contributed by atoms with E-state index >= 15 is 0 Å². The third-order valence-corrected chi connectivity index (χ3v) is 6.27. The van der Waals surface area contributed by atoms with Crippen LogP contribution >= 0.6 is 0 Å². The number of likely N-dealkylation sites (N-methyl/N-ethyl adjacent to an activating group) is 1. The second-order valence-corrected chi connectivity index (χ2v) is 8.17. The number of ketones is 1. The highest BCUT2D eigenvalue weighted by Gasteiger charge is 2.47. The molecule has 182 valence electrons. The Bertz CT molecular complexity index is 1070. The normalized spacial score (nSPS) is 17.5. The highest BCUT2D eigenvalue weighted by Crippen LogP contribution is 2.42. The number of nitrogens with zero attached hydrogens (tertiary/aromatic N) is 2. The van der Waals surface area contributed by atoms with Gasteiger partial charge in [0.2, 0.25) is 0 Å². The molecule has 2 aromatic rings. The van der Waals surface area contributed by atoms with Crippen LogP contribution in [-0.4, -0.2) is 66.5 Å². The molecule has 0 bridgehead atoms. The predicted molar refractivity (Wildman–Crippen MR) is 132 cm³/mol. The zero-order valence-electron chi connectivity index (χ0n) is 20.6. The van der Waals surface area contributed by atoms with Crippen LogP contribution in [0.2, 0.25) is 0 Å². The molecule has 0 saturated carbocycles. The average molecular weight is 467 g/mol. The van der Waals surface area contributed by atoms with E-state index in [1.807, 2.05) is 38.1 Å². The van der Waals surface area contributed by atoms with Gasteiger partial charge in [-0.05, 0) is 56.8 Å². The van der Waals surface area contributed by atoms with Gasteiger partial charge in [-0.2, -0.15) is 0 Å². The summed E-state index contributed by atoms with van der Waals surface area (Å²) in [6, 6.07) is 11.8. The highest BCUT2D eigenvalue weighted by atomic mass is 16.5. The van der Waals surface area contributed by atoms with Gasteiger partial charge in [0, 0.05) is 24.2 Å². The molecule has 0 unspecified atom stereocenters. The molecule has 2 aromatic carbocycles. The lowest BCUT2D eigenvalue weighted by Gasteiger charge is -2.29. The number of para-hydroxylation sites is 1. The van der Waals surface area contributed by atoms with Gasteiger partial charge in [-0.15, -0.1) is 0 Å². The van der Waals surface area contributed by atoms with Gasteiger partial charge in [0.25, 0.3) is 11.7 Å². The summed E-state index contributed by atoms with van der Waals surface area (Å²) in [5.74, 6) is -0.251. The number of carbonyl (C=O) groups excluding carboxylic acids is 2. The molecule has 1 fully saturated rings. The highest BCUT2D eigenvalue weighted by molar-refractivity contribution is 6.46. The molecular weight excluding hydrogens is 432 g/mol. The Hall–Kier alpha value is -3.32. The summed E-state index contributed by atoms with van der Waals surface area (Å²) in [6.45, 7) is 11.0. The predicted octanol–water partition coefficient (Wildman–Crippen LogP) is 4.17. The number of likely N-dealkylation sites (tertiary alicyclic amines) is 1. The summed E-state index contributed by atoms with van der Waals surface area (Å²) in [5.41, 5.74) is 2.02. The molecule has 0 aliphatic carbocycles. The Morgan fingerprint density at radius 3 is 2.38 bits per heavy atom. The molecule has 1 aliphatic heterocycles. The monoisotopic (exact) mass is 466 g/mol. The maximum absolute atomic E-state index is 13.3. The molecule has 1 atom stereocenters. The smallest absolute Gasteiger partial charge is 0.295 e. The minimum atomic E-state index is -0.749. The zero-order valence-corrected chi connectivity index (χ0v) is 20.6. The van der Waals surface area contributed by atoms with Crippen LogP contribution in [0.15, 0.2) is 48.0 Å². The van der Waals surface area contributed by atoms with E-state index in [1.54, 1.807) is 30.2 Å². The number of aryl methyl sites for hydroxylation is 1. The van der Waals surface area contributed by atoms with Crippen molar-refractivity contribution >= 4 is 17.4 Å². The number of hydrogen-bond acceptors (Lipinski definition) is 6. The van der Waals surface area contributed by atoms with Gasteiger partial charge >= 0.3 is 0 Å². The van der Waals surface area contributed by atoms with E-state index in [4.69, 9.17) is 9.47 Å². The topological polar surface area (TPSA) is 79.3 Å². The SMILES string of the molecule is CCOc1ccccc1[C@@H]1/C(=C(\O)c2ccc(OC)c(C)c2)C(=O)C(=O)N1CCN(CC)CC. The number of methoxy groups -OCH3 is 1. The van der Waals surface area contributed by atoms with Gasteiger partial charge < -0.3 is 24.4 Å². The molecule has 0 radical (unpaired) electrons. The van der Waals surface area contributed by atoms with E-state index in [2.05, 4.69) is 18.7 Å². The maximum atomic E-state index is 13.3. The fourth-order valence-corrected chi connectivity index (χ4v) is 4.40. The van der Waals surface area contributed by atoms with E-state index in [0.717, 1.165) is 18.7 Å². The van der Waals surface area contributed by atoms with Crippen LogP contribution in [-0.2, 0) is 9.59 Å². The Kier molecular flexibility index (Phi) is 8.34. The number of benzene rings is 2. The zero-order chi connectivity index (χ0) is 24.8. The first-order valence-electron chi connectivity index (χ1n) is 11.7. The van der Waals surface area contributed by atoms with Gasteiger partial charge in [0.1, 0.15) is 17.3 Å². The van der Waals surface area contributed by atoms with E-state index in [9.17, 15) is 14.7 Å². The summed E-state index contributed by atoms with van der Waals surface area (Å²) in [5, 5.41) is 11.3. The van der Waals surface area contributed by atoms with Crippen molar-refractivity contribution in [2.75, 3.05) is 39.9 Å².